The number of carbonyl (C=O) groups excluding carboxylic acids is 1. The number of nitrogens with zero attached hydrogens (tertiary/aromatic N) is 2. The van der Waals surface area contributed by atoms with Gasteiger partial charge >= 0.3 is 0 Å². The molecule has 160 valence electrons. The summed E-state index contributed by atoms with van der Waals surface area (Å²) in [6.07, 6.45) is 2.38. The highest BCUT2D eigenvalue weighted by Crippen LogP contribution is 2.34. The van der Waals surface area contributed by atoms with Crippen LogP contribution in [-0.4, -0.2) is 62.3 Å². The predicted octanol–water partition coefficient (Wildman–Crippen LogP) is 3.59. The Labute approximate surface area is 181 Å². The molecule has 30 heavy (non-hydrogen) atoms. The molecule has 4 aliphatic rings. The van der Waals surface area contributed by atoms with Crippen molar-refractivity contribution in [2.24, 2.45) is 5.92 Å². The molecule has 4 aliphatic heterocycles. The van der Waals surface area contributed by atoms with Gasteiger partial charge in [-0.05, 0) is 75.2 Å². The number of ether oxygens (including phenoxy) is 2. The fourth-order valence-corrected chi connectivity index (χ4v) is 5.71. The Balaban J connectivity index is 1.19. The molecule has 2 aromatic rings. The van der Waals surface area contributed by atoms with E-state index in [0.717, 1.165) is 37.1 Å². The van der Waals surface area contributed by atoms with Gasteiger partial charge in [-0.1, -0.05) is 11.3 Å². The van der Waals surface area contributed by atoms with Crippen LogP contribution in [0.15, 0.2) is 36.4 Å². The number of rotatable bonds is 5. The second kappa shape index (κ2) is 8.57. The van der Waals surface area contributed by atoms with Crippen LogP contribution < -0.4 is 15.0 Å². The number of piperidine rings is 3. The molecule has 6 nitrogen and oxygen atoms in total. The summed E-state index contributed by atoms with van der Waals surface area (Å²) in [4.78, 5) is 18.3. The third kappa shape index (κ3) is 4.06. The molecule has 1 aromatic carbocycles. The van der Waals surface area contributed by atoms with Crippen molar-refractivity contribution in [1.29, 1.82) is 0 Å². The summed E-state index contributed by atoms with van der Waals surface area (Å²) in [5.41, 5.74) is 1.18. The molecule has 0 unspecified atom stereocenters. The maximum Gasteiger partial charge on any atom is 0.261 e. The fourth-order valence-electron chi connectivity index (χ4n) is 4.93. The molecule has 1 N–H and O–H groups in total. The number of fused-ring (bicyclic) bond motifs is 3. The lowest BCUT2D eigenvalue weighted by Crippen LogP contribution is -2.62. The van der Waals surface area contributed by atoms with Crippen molar-refractivity contribution >= 4 is 22.9 Å². The average molecular weight is 428 g/mol. The van der Waals surface area contributed by atoms with Crippen molar-refractivity contribution < 1.29 is 14.3 Å². The van der Waals surface area contributed by atoms with Crippen molar-refractivity contribution in [2.75, 3.05) is 44.3 Å². The molecule has 5 heterocycles. The zero-order valence-electron chi connectivity index (χ0n) is 17.4. The van der Waals surface area contributed by atoms with E-state index in [1.165, 1.54) is 43.0 Å². The summed E-state index contributed by atoms with van der Waals surface area (Å²) in [7, 11) is 0. The Morgan fingerprint density at radius 1 is 1.07 bits per heavy atom. The number of thiophene rings is 1. The smallest absolute Gasteiger partial charge is 0.261 e. The Morgan fingerprint density at radius 3 is 2.50 bits per heavy atom. The van der Waals surface area contributed by atoms with Crippen LogP contribution >= 0.6 is 11.3 Å². The number of amides is 1. The number of carbonyl (C=O) groups is 1. The van der Waals surface area contributed by atoms with Gasteiger partial charge in [-0.2, -0.15) is 0 Å². The molecule has 1 aromatic heterocycles. The van der Waals surface area contributed by atoms with E-state index in [-0.39, 0.29) is 11.9 Å². The Bertz CT molecular complexity index is 868. The molecule has 7 heteroatoms. The maximum absolute atomic E-state index is 12.8. The van der Waals surface area contributed by atoms with E-state index in [1.807, 2.05) is 24.3 Å². The van der Waals surface area contributed by atoms with E-state index >= 15 is 0 Å². The first kappa shape index (κ1) is 19.8. The highest BCUT2D eigenvalue weighted by atomic mass is 32.1. The summed E-state index contributed by atoms with van der Waals surface area (Å²) >= 11 is 1.40. The number of nitrogens with one attached hydrogen (secondary N) is 1. The normalized spacial score (nSPS) is 28.4. The Kier molecular flexibility index (Phi) is 5.67. The van der Waals surface area contributed by atoms with Crippen LogP contribution in [0.3, 0.4) is 0 Å². The third-order valence-corrected chi connectivity index (χ3v) is 7.67. The molecule has 6 rings (SSSR count). The van der Waals surface area contributed by atoms with E-state index in [2.05, 4.69) is 34.2 Å². The first-order valence-electron chi connectivity index (χ1n) is 10.9. The van der Waals surface area contributed by atoms with E-state index in [4.69, 9.17) is 9.47 Å². The molecule has 0 saturated carbocycles. The lowest BCUT2D eigenvalue weighted by molar-refractivity contribution is 0.0218. The molecular weight excluding hydrogens is 398 g/mol. The van der Waals surface area contributed by atoms with Crippen LogP contribution in [0.25, 0.3) is 0 Å². The molecule has 2 atom stereocenters. The zero-order chi connectivity index (χ0) is 20.5. The lowest BCUT2D eigenvalue weighted by Gasteiger charge is -2.49. The van der Waals surface area contributed by atoms with Crippen molar-refractivity contribution in [2.45, 2.75) is 31.8 Å². The topological polar surface area (TPSA) is 54.0 Å². The maximum atomic E-state index is 12.8. The third-order valence-electron chi connectivity index (χ3n) is 6.71. The van der Waals surface area contributed by atoms with Gasteiger partial charge in [0.25, 0.3) is 5.91 Å². The second-order valence-electron chi connectivity index (χ2n) is 8.43. The second-order valence-corrected chi connectivity index (χ2v) is 9.47. The van der Waals surface area contributed by atoms with Crippen molar-refractivity contribution in [3.63, 3.8) is 0 Å². The summed E-state index contributed by atoms with van der Waals surface area (Å²) < 4.78 is 11.4. The predicted molar refractivity (Wildman–Crippen MR) is 119 cm³/mol. The van der Waals surface area contributed by atoms with Crippen molar-refractivity contribution in [1.82, 2.24) is 10.2 Å². The van der Waals surface area contributed by atoms with Crippen LogP contribution in [0.1, 0.15) is 29.4 Å². The Hall–Kier alpha value is -2.09. The summed E-state index contributed by atoms with van der Waals surface area (Å²) in [6.45, 7) is 7.95. The van der Waals surface area contributed by atoms with Crippen molar-refractivity contribution in [3.05, 3.63) is 41.3 Å². The van der Waals surface area contributed by atoms with Crippen LogP contribution in [0.2, 0.25) is 0 Å². The summed E-state index contributed by atoms with van der Waals surface area (Å²) in [6, 6.07) is 12.5. The number of hydrogen-bond donors (Lipinski definition) is 1. The van der Waals surface area contributed by atoms with Gasteiger partial charge in [-0.15, -0.1) is 0 Å². The number of morpholine rings is 1. The molecule has 1 amide bonds. The highest BCUT2D eigenvalue weighted by Gasteiger charge is 2.40. The molecular formula is C23H29N3O3S. The fraction of sp³-hybridized carbons (Fsp3) is 0.522. The first-order valence-corrected chi connectivity index (χ1v) is 11.7. The van der Waals surface area contributed by atoms with Crippen molar-refractivity contribution in [3.8, 4) is 10.8 Å². The van der Waals surface area contributed by atoms with Crippen LogP contribution in [0.4, 0.5) is 5.69 Å². The molecule has 0 aliphatic carbocycles. The van der Waals surface area contributed by atoms with E-state index in [9.17, 15) is 4.79 Å². The first-order chi connectivity index (χ1) is 14.7. The monoisotopic (exact) mass is 427 g/mol. The van der Waals surface area contributed by atoms with Gasteiger partial charge in [0.05, 0.1) is 18.1 Å². The lowest BCUT2D eigenvalue weighted by atomic mass is 9.79. The zero-order valence-corrected chi connectivity index (χ0v) is 18.2. The van der Waals surface area contributed by atoms with E-state index in [1.54, 1.807) is 0 Å². The van der Waals surface area contributed by atoms with Gasteiger partial charge < -0.3 is 19.7 Å². The minimum Gasteiger partial charge on any atom is -0.447 e. The largest absolute Gasteiger partial charge is 0.447 e. The minimum absolute atomic E-state index is 0.0168. The molecule has 0 radical (unpaired) electrons. The van der Waals surface area contributed by atoms with Gasteiger partial charge in [0.15, 0.2) is 5.06 Å². The number of anilines is 1. The number of hydrogen-bond acceptors (Lipinski definition) is 6. The van der Waals surface area contributed by atoms with Gasteiger partial charge in [-0.3, -0.25) is 9.69 Å². The minimum atomic E-state index is 0.0168. The molecule has 4 fully saturated rings. The van der Waals surface area contributed by atoms with Gasteiger partial charge in [-0.25, -0.2) is 0 Å². The van der Waals surface area contributed by atoms with Gasteiger partial charge in [0, 0.05) is 30.9 Å². The van der Waals surface area contributed by atoms with Gasteiger partial charge in [0.1, 0.15) is 5.75 Å². The summed E-state index contributed by atoms with van der Waals surface area (Å²) in [5.74, 6) is 1.41. The SMILES string of the molecule is C[C@H]1[C@H](NC(=O)c2ccc(Oc3ccc(N4CCOCC4)cc3)s2)C2CCN1CC2. The van der Waals surface area contributed by atoms with E-state index < -0.39 is 0 Å². The van der Waals surface area contributed by atoms with E-state index in [0.29, 0.717) is 16.8 Å². The number of benzene rings is 1. The highest BCUT2D eigenvalue weighted by molar-refractivity contribution is 7.15. The molecule has 0 spiro atoms. The van der Waals surface area contributed by atoms with Gasteiger partial charge in [0.2, 0.25) is 0 Å². The van der Waals surface area contributed by atoms with Crippen LogP contribution in [-0.2, 0) is 4.74 Å². The average Bonchev–Trinajstić information content (AvgIpc) is 3.26. The quantitative estimate of drug-likeness (QED) is 0.790. The standard InChI is InChI=1S/C23H29N3O3S/c1-16-22(17-8-10-25(16)11-9-17)24-23(27)20-6-7-21(30-20)29-19-4-2-18(3-5-19)26-12-14-28-15-13-26/h2-7,16-17,22H,8-15H2,1H3,(H,24,27)/t16-,22-/m0/s1. The van der Waals surface area contributed by atoms with Crippen LogP contribution in [0.5, 0.6) is 10.8 Å². The molecule has 2 bridgehead atoms. The molecule has 4 saturated heterocycles. The Morgan fingerprint density at radius 2 is 1.80 bits per heavy atom. The van der Waals surface area contributed by atoms with Crippen LogP contribution in [0, 0.1) is 5.92 Å². The summed E-state index contributed by atoms with van der Waals surface area (Å²) in [5, 5.41) is 4.03.